The smallest absolute Gasteiger partial charge is 0.261 e. The second-order valence-electron chi connectivity index (χ2n) is 7.42. The van der Waals surface area contributed by atoms with Gasteiger partial charge in [-0.15, -0.1) is 0 Å². The highest BCUT2D eigenvalue weighted by Crippen LogP contribution is 2.26. The van der Waals surface area contributed by atoms with Crippen LogP contribution in [0.15, 0.2) is 72.8 Å². The first-order valence-corrected chi connectivity index (χ1v) is 10.1. The molecule has 0 fully saturated rings. The molecule has 2 atom stereocenters. The van der Waals surface area contributed by atoms with Crippen LogP contribution in [0.2, 0.25) is 0 Å². The average Bonchev–Trinajstić information content (AvgIpc) is 2.74. The van der Waals surface area contributed by atoms with Gasteiger partial charge >= 0.3 is 0 Å². The molecule has 3 nitrogen and oxygen atoms in total. The number of benzene rings is 3. The van der Waals surface area contributed by atoms with Gasteiger partial charge in [-0.1, -0.05) is 73.7 Å². The lowest BCUT2D eigenvalue weighted by molar-refractivity contribution is -0.128. The van der Waals surface area contributed by atoms with Crippen LogP contribution in [-0.2, 0) is 4.79 Å². The number of amides is 1. The summed E-state index contributed by atoms with van der Waals surface area (Å²) in [6, 6.07) is 23.9. The van der Waals surface area contributed by atoms with Crippen LogP contribution in [0.25, 0.3) is 0 Å². The summed E-state index contributed by atoms with van der Waals surface area (Å²) in [5.74, 6) is 0.657. The Hall–Kier alpha value is -3.07. The lowest BCUT2D eigenvalue weighted by atomic mass is 9.94. The van der Waals surface area contributed by atoms with Crippen LogP contribution in [-0.4, -0.2) is 12.0 Å². The van der Waals surface area contributed by atoms with Gasteiger partial charge in [-0.05, 0) is 61.1 Å². The van der Waals surface area contributed by atoms with Gasteiger partial charge in [-0.2, -0.15) is 0 Å². The molecular formula is C26H29NO2. The van der Waals surface area contributed by atoms with Gasteiger partial charge in [0.1, 0.15) is 5.75 Å². The average molecular weight is 388 g/mol. The van der Waals surface area contributed by atoms with Gasteiger partial charge in [-0.25, -0.2) is 0 Å². The summed E-state index contributed by atoms with van der Waals surface area (Å²) < 4.78 is 6.13. The standard InChI is InChI=1S/C26H29NO2/c1-5-23(29-24-17-11-13-18(2)20(24)4)26(28)27-25(21-14-7-6-8-15-21)22-16-10-9-12-19(22)3/h6-17,23,25H,5H2,1-4H3,(H,27,28)/t23-,25+/m1/s1. The van der Waals surface area contributed by atoms with Crippen molar-refractivity contribution in [2.75, 3.05) is 0 Å². The van der Waals surface area contributed by atoms with Crippen LogP contribution in [0.5, 0.6) is 5.75 Å². The van der Waals surface area contributed by atoms with E-state index in [2.05, 4.69) is 24.4 Å². The monoisotopic (exact) mass is 387 g/mol. The molecule has 0 spiro atoms. The van der Waals surface area contributed by atoms with Gasteiger partial charge in [0, 0.05) is 0 Å². The zero-order valence-electron chi connectivity index (χ0n) is 17.6. The van der Waals surface area contributed by atoms with Crippen LogP contribution >= 0.6 is 0 Å². The molecule has 1 N–H and O–H groups in total. The van der Waals surface area contributed by atoms with E-state index in [-0.39, 0.29) is 11.9 Å². The zero-order valence-corrected chi connectivity index (χ0v) is 17.6. The highest BCUT2D eigenvalue weighted by molar-refractivity contribution is 5.82. The predicted octanol–water partition coefficient (Wildman–Crippen LogP) is 5.68. The fraction of sp³-hybridized carbons (Fsp3) is 0.269. The van der Waals surface area contributed by atoms with Gasteiger partial charge in [0.25, 0.3) is 5.91 Å². The van der Waals surface area contributed by atoms with Crippen molar-refractivity contribution >= 4 is 5.91 Å². The van der Waals surface area contributed by atoms with E-state index in [0.29, 0.717) is 6.42 Å². The Morgan fingerprint density at radius 1 is 0.862 bits per heavy atom. The van der Waals surface area contributed by atoms with Crippen LogP contribution < -0.4 is 10.1 Å². The molecular weight excluding hydrogens is 358 g/mol. The minimum Gasteiger partial charge on any atom is -0.480 e. The largest absolute Gasteiger partial charge is 0.480 e. The number of carbonyl (C=O) groups excluding carboxylic acids is 1. The summed E-state index contributed by atoms with van der Waals surface area (Å²) in [6.45, 7) is 8.12. The van der Waals surface area contributed by atoms with E-state index in [0.717, 1.165) is 33.6 Å². The van der Waals surface area contributed by atoms with E-state index >= 15 is 0 Å². The van der Waals surface area contributed by atoms with Crippen LogP contribution in [0.1, 0.15) is 47.2 Å². The Morgan fingerprint density at radius 3 is 2.21 bits per heavy atom. The predicted molar refractivity (Wildman–Crippen MR) is 118 cm³/mol. The molecule has 0 unspecified atom stereocenters. The quantitative estimate of drug-likeness (QED) is 0.567. The molecule has 0 aromatic heterocycles. The van der Waals surface area contributed by atoms with Crippen molar-refractivity contribution in [3.63, 3.8) is 0 Å². The Labute approximate surface area is 173 Å². The summed E-state index contributed by atoms with van der Waals surface area (Å²) in [5, 5.41) is 3.23. The molecule has 3 aromatic carbocycles. The summed E-state index contributed by atoms with van der Waals surface area (Å²) in [6.07, 6.45) is 0.0415. The minimum absolute atomic E-state index is 0.106. The maximum Gasteiger partial charge on any atom is 0.261 e. The van der Waals surface area contributed by atoms with Crippen LogP contribution in [0.3, 0.4) is 0 Å². The molecule has 0 bridgehead atoms. The van der Waals surface area contributed by atoms with Gasteiger partial charge in [0.2, 0.25) is 0 Å². The molecule has 3 rings (SSSR count). The number of hydrogen-bond acceptors (Lipinski definition) is 2. The van der Waals surface area contributed by atoms with Crippen LogP contribution in [0.4, 0.5) is 0 Å². The first kappa shape index (κ1) is 20.7. The molecule has 150 valence electrons. The Bertz CT molecular complexity index is 965. The highest BCUT2D eigenvalue weighted by atomic mass is 16.5. The van der Waals surface area contributed by atoms with Gasteiger partial charge in [0.15, 0.2) is 6.10 Å². The number of ether oxygens (including phenoxy) is 1. The molecule has 1 amide bonds. The Morgan fingerprint density at radius 2 is 1.52 bits per heavy atom. The third kappa shape index (κ3) is 4.86. The van der Waals surface area contributed by atoms with Gasteiger partial charge < -0.3 is 10.1 Å². The number of rotatable bonds is 7. The summed E-state index contributed by atoms with van der Waals surface area (Å²) in [7, 11) is 0. The van der Waals surface area contributed by atoms with E-state index in [4.69, 9.17) is 4.74 Å². The summed E-state index contributed by atoms with van der Waals surface area (Å²) in [5.41, 5.74) is 5.51. The molecule has 0 heterocycles. The number of carbonyl (C=O) groups is 1. The summed E-state index contributed by atoms with van der Waals surface area (Å²) >= 11 is 0. The molecule has 0 aliphatic heterocycles. The third-order valence-electron chi connectivity index (χ3n) is 5.41. The molecule has 3 heteroatoms. The van der Waals surface area contributed by atoms with E-state index in [1.54, 1.807) is 0 Å². The normalized spacial score (nSPS) is 12.8. The molecule has 0 aliphatic rings. The van der Waals surface area contributed by atoms with Crippen molar-refractivity contribution in [1.82, 2.24) is 5.32 Å². The highest BCUT2D eigenvalue weighted by Gasteiger charge is 2.25. The van der Waals surface area contributed by atoms with Crippen LogP contribution in [0, 0.1) is 20.8 Å². The van der Waals surface area contributed by atoms with E-state index in [1.165, 1.54) is 0 Å². The van der Waals surface area contributed by atoms with E-state index < -0.39 is 6.10 Å². The van der Waals surface area contributed by atoms with Crippen molar-refractivity contribution in [1.29, 1.82) is 0 Å². The molecule has 0 aliphatic carbocycles. The molecule has 3 aromatic rings. The van der Waals surface area contributed by atoms with Crippen molar-refractivity contribution in [2.24, 2.45) is 0 Å². The molecule has 0 radical (unpaired) electrons. The molecule has 29 heavy (non-hydrogen) atoms. The second-order valence-corrected chi connectivity index (χ2v) is 7.42. The number of aryl methyl sites for hydroxylation is 2. The van der Waals surface area contributed by atoms with Gasteiger partial charge in [-0.3, -0.25) is 4.79 Å². The summed E-state index contributed by atoms with van der Waals surface area (Å²) in [4.78, 5) is 13.2. The van der Waals surface area contributed by atoms with Crippen molar-refractivity contribution in [3.8, 4) is 5.75 Å². The number of nitrogens with one attached hydrogen (secondary N) is 1. The first-order valence-electron chi connectivity index (χ1n) is 10.1. The zero-order chi connectivity index (χ0) is 20.8. The fourth-order valence-corrected chi connectivity index (χ4v) is 3.46. The molecule has 0 saturated heterocycles. The first-order chi connectivity index (χ1) is 14.0. The third-order valence-corrected chi connectivity index (χ3v) is 5.41. The number of hydrogen-bond donors (Lipinski definition) is 1. The fourth-order valence-electron chi connectivity index (χ4n) is 3.46. The Kier molecular flexibility index (Phi) is 6.71. The topological polar surface area (TPSA) is 38.3 Å². The van der Waals surface area contributed by atoms with E-state index in [9.17, 15) is 4.79 Å². The van der Waals surface area contributed by atoms with E-state index in [1.807, 2.05) is 81.4 Å². The molecule has 0 saturated carbocycles. The minimum atomic E-state index is -0.550. The lowest BCUT2D eigenvalue weighted by Gasteiger charge is -2.25. The SMILES string of the molecule is CC[C@@H](Oc1cccc(C)c1C)C(=O)N[C@@H](c1ccccc1)c1ccccc1C. The van der Waals surface area contributed by atoms with Crippen molar-refractivity contribution in [3.05, 3.63) is 101 Å². The Balaban J connectivity index is 1.87. The van der Waals surface area contributed by atoms with Gasteiger partial charge in [0.05, 0.1) is 6.04 Å². The second kappa shape index (κ2) is 9.42. The lowest BCUT2D eigenvalue weighted by Crippen LogP contribution is -2.40. The maximum absolute atomic E-state index is 13.2. The maximum atomic E-state index is 13.2. The van der Waals surface area contributed by atoms with Crippen molar-refractivity contribution in [2.45, 2.75) is 46.3 Å². The van der Waals surface area contributed by atoms with Crippen molar-refractivity contribution < 1.29 is 9.53 Å².